The van der Waals surface area contributed by atoms with Crippen molar-refractivity contribution in [1.29, 1.82) is 0 Å². The van der Waals surface area contributed by atoms with Crippen molar-refractivity contribution in [1.82, 2.24) is 0 Å². The summed E-state index contributed by atoms with van der Waals surface area (Å²) in [5.74, 6) is -0.813. The summed E-state index contributed by atoms with van der Waals surface area (Å²) >= 11 is 6.92. The van der Waals surface area contributed by atoms with Crippen LogP contribution < -0.4 is 0 Å². The minimum absolute atomic E-state index is 0.0350. The summed E-state index contributed by atoms with van der Waals surface area (Å²) in [6.45, 7) is 0. The molecule has 1 spiro atoms. The van der Waals surface area contributed by atoms with E-state index in [2.05, 4.69) is 12.1 Å². The van der Waals surface area contributed by atoms with E-state index in [4.69, 9.17) is 9.98 Å². The predicted octanol–water partition coefficient (Wildman–Crippen LogP) is 9.53. The molecule has 0 N–H and O–H groups in total. The van der Waals surface area contributed by atoms with Gasteiger partial charge in [-0.25, -0.2) is 9.98 Å². The second-order valence-electron chi connectivity index (χ2n) is 14.2. The largest absolute Gasteiger partial charge is 0.292 e. The van der Waals surface area contributed by atoms with Crippen LogP contribution in [0.3, 0.4) is 0 Å². The zero-order chi connectivity index (χ0) is 30.9. The van der Waals surface area contributed by atoms with Gasteiger partial charge in [0, 0.05) is 39.3 Å². The van der Waals surface area contributed by atoms with Gasteiger partial charge in [0.2, 0.25) is 0 Å². The van der Waals surface area contributed by atoms with Crippen LogP contribution in [0.1, 0.15) is 94.6 Å². The Morgan fingerprint density at radius 1 is 0.543 bits per heavy atom. The van der Waals surface area contributed by atoms with Gasteiger partial charge in [-0.3, -0.25) is 19.2 Å². The summed E-state index contributed by atoms with van der Waals surface area (Å²) in [5.41, 5.74) is 3.13. The molecule has 6 nitrogen and oxygen atoms in total. The molecule has 4 unspecified atom stereocenters. The quantitative estimate of drug-likeness (QED) is 0.210. The smallest absolute Gasteiger partial charge is 0.188 e. The number of ketones is 4. The van der Waals surface area contributed by atoms with Crippen LogP contribution in [0.15, 0.2) is 22.1 Å². The highest BCUT2D eigenvalue weighted by atomic mass is 32.1. The van der Waals surface area contributed by atoms with Gasteiger partial charge in [-0.2, -0.15) is 0 Å². The van der Waals surface area contributed by atoms with E-state index in [0.717, 1.165) is 74.2 Å². The van der Waals surface area contributed by atoms with Crippen molar-refractivity contribution in [2.45, 2.75) is 88.9 Å². The highest BCUT2D eigenvalue weighted by Gasteiger charge is 2.51. The molecule has 10 heteroatoms. The van der Waals surface area contributed by atoms with E-state index in [1.165, 1.54) is 58.9 Å². The van der Waals surface area contributed by atoms with Gasteiger partial charge in [0.15, 0.2) is 34.6 Å². The minimum Gasteiger partial charge on any atom is -0.292 e. The van der Waals surface area contributed by atoms with Crippen LogP contribution in [0.25, 0.3) is 28.6 Å². The summed E-state index contributed by atoms with van der Waals surface area (Å²) in [4.78, 5) is 64.9. The summed E-state index contributed by atoms with van der Waals surface area (Å²) in [7, 11) is 0. The zero-order valence-corrected chi connectivity index (χ0v) is 28.6. The SMILES string of the molecule is O=C1C(=Nc2cc3c(s2)-c2sc4c(sc5cc(N=C6C(=O)C7CCCCC7C6=O)sc54)c2C32CCCCC2)C(=O)C2CCCCC12. The van der Waals surface area contributed by atoms with Crippen LogP contribution in [-0.4, -0.2) is 34.6 Å². The number of thiophene rings is 4. The Labute approximate surface area is 282 Å². The lowest BCUT2D eigenvalue weighted by molar-refractivity contribution is -0.120. The van der Waals surface area contributed by atoms with Crippen LogP contribution in [-0.2, 0) is 24.6 Å². The molecule has 6 aliphatic rings. The maximum Gasteiger partial charge on any atom is 0.188 e. The Morgan fingerprint density at radius 3 is 1.65 bits per heavy atom. The summed E-state index contributed by atoms with van der Waals surface area (Å²) in [6, 6.07) is 4.29. The van der Waals surface area contributed by atoms with Crippen LogP contribution in [0.4, 0.5) is 10.0 Å². The third-order valence-electron chi connectivity index (χ3n) is 11.9. The van der Waals surface area contributed by atoms with Gasteiger partial charge in [0.25, 0.3) is 0 Å². The molecule has 5 saturated carbocycles. The fourth-order valence-corrected chi connectivity index (χ4v) is 15.3. The van der Waals surface area contributed by atoms with E-state index in [9.17, 15) is 19.2 Å². The molecule has 10 rings (SSSR count). The van der Waals surface area contributed by atoms with Crippen molar-refractivity contribution in [3.8, 4) is 9.75 Å². The van der Waals surface area contributed by atoms with Gasteiger partial charge < -0.3 is 0 Å². The number of aliphatic imine (C=N–C) groups is 2. The summed E-state index contributed by atoms with van der Waals surface area (Å²) < 4.78 is 5.02. The van der Waals surface area contributed by atoms with Gasteiger partial charge >= 0.3 is 0 Å². The van der Waals surface area contributed by atoms with Crippen molar-refractivity contribution < 1.29 is 19.2 Å². The molecule has 5 fully saturated rings. The van der Waals surface area contributed by atoms with Crippen molar-refractivity contribution in [2.24, 2.45) is 33.7 Å². The predicted molar refractivity (Wildman–Crippen MR) is 187 cm³/mol. The van der Waals surface area contributed by atoms with Gasteiger partial charge in [-0.1, -0.05) is 44.9 Å². The van der Waals surface area contributed by atoms with Crippen molar-refractivity contribution in [2.75, 3.05) is 0 Å². The first-order valence-corrected chi connectivity index (χ1v) is 20.2. The van der Waals surface area contributed by atoms with Gasteiger partial charge in [0.05, 0.1) is 23.9 Å². The average molecular weight is 685 g/mol. The number of carbonyl (C=O) groups is 4. The van der Waals surface area contributed by atoms with E-state index >= 15 is 0 Å². The Bertz CT molecular complexity index is 2060. The maximum atomic E-state index is 13.3. The highest BCUT2D eigenvalue weighted by molar-refractivity contribution is 7.41. The lowest BCUT2D eigenvalue weighted by Gasteiger charge is -2.34. The lowest BCUT2D eigenvalue weighted by atomic mass is 9.68. The van der Waals surface area contributed by atoms with Crippen molar-refractivity contribution in [3.63, 3.8) is 0 Å². The Hall–Kier alpha value is -2.66. The van der Waals surface area contributed by atoms with E-state index in [1.54, 1.807) is 22.7 Å². The number of carbonyl (C=O) groups excluding carboxylic acids is 4. The zero-order valence-electron chi connectivity index (χ0n) is 25.3. The van der Waals surface area contributed by atoms with Crippen molar-refractivity contribution in [3.05, 3.63) is 23.3 Å². The number of fused-ring (bicyclic) bond motifs is 11. The molecule has 4 heterocycles. The summed E-state index contributed by atoms with van der Waals surface area (Å²) in [5, 5.41) is 1.54. The molecule has 4 aromatic heterocycles. The fourth-order valence-electron chi connectivity index (χ4n) is 9.69. The number of hydrogen-bond acceptors (Lipinski definition) is 10. The Morgan fingerprint density at radius 2 is 1.09 bits per heavy atom. The van der Waals surface area contributed by atoms with Gasteiger partial charge in [0.1, 0.15) is 10.0 Å². The molecule has 0 saturated heterocycles. The topological polar surface area (TPSA) is 93.0 Å². The molecular weight excluding hydrogens is 653 g/mol. The molecule has 4 atom stereocenters. The molecule has 0 aliphatic heterocycles. The fraction of sp³-hybridized carbons (Fsp3) is 0.500. The summed E-state index contributed by atoms with van der Waals surface area (Å²) in [6.07, 6.45) is 13.1. The lowest BCUT2D eigenvalue weighted by Crippen LogP contribution is -2.27. The van der Waals surface area contributed by atoms with Crippen LogP contribution >= 0.6 is 45.3 Å². The second kappa shape index (κ2) is 10.2. The van der Waals surface area contributed by atoms with Crippen LogP contribution in [0, 0.1) is 23.7 Å². The van der Waals surface area contributed by atoms with Gasteiger partial charge in [-0.05, 0) is 56.2 Å². The molecular formula is C36H32N2O4S4. The van der Waals surface area contributed by atoms with Crippen molar-refractivity contribution >= 4 is 109 Å². The molecule has 6 aliphatic carbocycles. The van der Waals surface area contributed by atoms with E-state index in [0.29, 0.717) is 0 Å². The van der Waals surface area contributed by atoms with E-state index in [-0.39, 0.29) is 63.6 Å². The number of Topliss-reactive ketones (excluding diaryl/α,β-unsaturated/α-hetero) is 4. The van der Waals surface area contributed by atoms with Crippen LogP contribution in [0.5, 0.6) is 0 Å². The standard InChI is InChI=1S/C36H32N2O4S4/c39-27-16-8-2-3-9-17(16)28(40)25(27)37-22-14-20-31(44-22)33-24(36(20)12-6-1-7-13-36)34-35(46-33)32-21(43-34)15-23(45-32)38-26-29(41)18-10-4-5-11-19(18)30(26)42/h14-19H,1-13H2. The normalized spacial score (nSPS) is 28.4. The Kier molecular flexibility index (Phi) is 6.27. The number of rotatable bonds is 2. The third-order valence-corrected chi connectivity index (χ3v) is 16.8. The highest BCUT2D eigenvalue weighted by Crippen LogP contribution is 2.65. The molecule has 0 bridgehead atoms. The number of hydrogen-bond donors (Lipinski definition) is 0. The maximum absolute atomic E-state index is 13.3. The molecule has 46 heavy (non-hydrogen) atoms. The molecule has 0 amide bonds. The first-order chi connectivity index (χ1) is 22.4. The number of nitrogens with zero attached hydrogens (tertiary/aromatic N) is 2. The van der Waals surface area contributed by atoms with E-state index < -0.39 is 0 Å². The molecule has 234 valence electrons. The van der Waals surface area contributed by atoms with Gasteiger partial charge in [-0.15, -0.1) is 45.3 Å². The third kappa shape index (κ3) is 3.78. The minimum atomic E-state index is -0.163. The first-order valence-electron chi connectivity index (χ1n) is 16.9. The monoisotopic (exact) mass is 684 g/mol. The average Bonchev–Trinajstić information content (AvgIpc) is 3.92. The Balaban J connectivity index is 1.06. The molecule has 0 aromatic carbocycles. The first kappa shape index (κ1) is 28.4. The van der Waals surface area contributed by atoms with Crippen LogP contribution in [0.2, 0.25) is 0 Å². The van der Waals surface area contributed by atoms with E-state index in [1.807, 2.05) is 22.7 Å². The molecule has 4 aromatic rings. The second-order valence-corrected chi connectivity index (χ2v) is 18.3. The molecule has 0 radical (unpaired) electrons.